The van der Waals surface area contributed by atoms with Crippen LogP contribution in [0.25, 0.3) is 6.08 Å². The number of aryl methyl sites for hydroxylation is 1. The van der Waals surface area contributed by atoms with E-state index < -0.39 is 12.5 Å². The Balaban J connectivity index is 1.59. The zero-order chi connectivity index (χ0) is 26.5. The molecular weight excluding hydrogens is 543 g/mol. The molecule has 1 N–H and O–H groups in total. The number of hydrogen-bond acceptors (Lipinski definition) is 5. The Kier molecular flexibility index (Phi) is 8.48. The van der Waals surface area contributed by atoms with Gasteiger partial charge in [0.05, 0.1) is 11.4 Å². The summed E-state index contributed by atoms with van der Waals surface area (Å²) in [5.74, 6) is -0.851. The van der Waals surface area contributed by atoms with Gasteiger partial charge in [-0.15, -0.1) is 0 Å². The molecule has 0 saturated heterocycles. The van der Waals surface area contributed by atoms with Gasteiger partial charge in [-0.2, -0.15) is 8.78 Å². The SMILES string of the molecule is Cc1cccc(NC(=O)CSC2=N/C(=C\c3ccc(Cl)cc3Cl)C(=O)N2c2ccc(OC(F)F)cc2)c1. The number of ether oxygens (including phenoxy) is 1. The summed E-state index contributed by atoms with van der Waals surface area (Å²) in [6.45, 7) is -1.06. The Morgan fingerprint density at radius 1 is 1.14 bits per heavy atom. The fraction of sp³-hybridized carbons (Fsp3) is 0.115. The maximum Gasteiger partial charge on any atom is 0.387 e. The Morgan fingerprint density at radius 3 is 2.57 bits per heavy atom. The summed E-state index contributed by atoms with van der Waals surface area (Å²) in [6, 6.07) is 17.7. The normalized spacial score (nSPS) is 14.3. The first kappa shape index (κ1) is 26.7. The van der Waals surface area contributed by atoms with E-state index in [1.165, 1.54) is 35.2 Å². The minimum Gasteiger partial charge on any atom is -0.435 e. The summed E-state index contributed by atoms with van der Waals surface area (Å²) < 4.78 is 29.5. The highest BCUT2D eigenvalue weighted by atomic mass is 35.5. The molecule has 0 unspecified atom stereocenters. The minimum atomic E-state index is -2.97. The first-order valence-corrected chi connectivity index (χ1v) is 12.6. The summed E-state index contributed by atoms with van der Waals surface area (Å²) >= 11 is 13.3. The molecule has 0 atom stereocenters. The van der Waals surface area contributed by atoms with Gasteiger partial charge < -0.3 is 10.1 Å². The number of alkyl halides is 2. The van der Waals surface area contributed by atoms with Crippen LogP contribution < -0.4 is 15.0 Å². The van der Waals surface area contributed by atoms with Crippen LogP contribution in [0.15, 0.2) is 77.4 Å². The van der Waals surface area contributed by atoms with Gasteiger partial charge in [0, 0.05) is 15.7 Å². The van der Waals surface area contributed by atoms with Crippen LogP contribution in [-0.2, 0) is 9.59 Å². The van der Waals surface area contributed by atoms with Gasteiger partial charge in [-0.1, -0.05) is 53.2 Å². The topological polar surface area (TPSA) is 71.0 Å². The van der Waals surface area contributed by atoms with Gasteiger partial charge >= 0.3 is 6.61 Å². The smallest absolute Gasteiger partial charge is 0.387 e. The number of thioether (sulfide) groups is 1. The zero-order valence-electron chi connectivity index (χ0n) is 19.3. The molecule has 1 heterocycles. The zero-order valence-corrected chi connectivity index (χ0v) is 21.6. The van der Waals surface area contributed by atoms with Crippen LogP contribution in [0.1, 0.15) is 11.1 Å². The number of halogens is 4. The van der Waals surface area contributed by atoms with Crippen molar-refractivity contribution < 1.29 is 23.1 Å². The molecule has 11 heteroatoms. The molecule has 0 aromatic heterocycles. The van der Waals surface area contributed by atoms with E-state index in [1.807, 2.05) is 25.1 Å². The van der Waals surface area contributed by atoms with E-state index in [-0.39, 0.29) is 28.3 Å². The van der Waals surface area contributed by atoms with Gasteiger partial charge in [0.1, 0.15) is 11.4 Å². The van der Waals surface area contributed by atoms with Crippen molar-refractivity contribution in [1.82, 2.24) is 0 Å². The van der Waals surface area contributed by atoms with Crippen LogP contribution in [0.3, 0.4) is 0 Å². The highest BCUT2D eigenvalue weighted by Gasteiger charge is 2.32. The van der Waals surface area contributed by atoms with E-state index in [0.29, 0.717) is 27.0 Å². The van der Waals surface area contributed by atoms with E-state index in [4.69, 9.17) is 23.2 Å². The van der Waals surface area contributed by atoms with Crippen molar-refractivity contribution in [2.45, 2.75) is 13.5 Å². The Hall–Kier alpha value is -3.40. The second-order valence-electron chi connectivity index (χ2n) is 7.81. The molecule has 0 saturated carbocycles. The number of nitrogens with zero attached hydrogens (tertiary/aromatic N) is 2. The summed E-state index contributed by atoms with van der Waals surface area (Å²) in [4.78, 5) is 31.7. The van der Waals surface area contributed by atoms with Crippen LogP contribution in [0.2, 0.25) is 10.0 Å². The number of aliphatic imine (C=N–C) groups is 1. The van der Waals surface area contributed by atoms with Crippen molar-refractivity contribution in [3.05, 3.63) is 93.6 Å². The van der Waals surface area contributed by atoms with E-state index in [0.717, 1.165) is 17.3 Å². The molecule has 3 aromatic carbocycles. The number of benzene rings is 3. The maximum atomic E-state index is 13.3. The van der Waals surface area contributed by atoms with E-state index in [1.54, 1.807) is 24.3 Å². The lowest BCUT2D eigenvalue weighted by Crippen LogP contribution is -2.31. The molecule has 0 spiro atoms. The quantitative estimate of drug-likeness (QED) is 0.314. The average molecular weight is 562 g/mol. The number of amidine groups is 1. The lowest BCUT2D eigenvalue weighted by molar-refractivity contribution is -0.114. The van der Waals surface area contributed by atoms with E-state index in [2.05, 4.69) is 15.0 Å². The minimum absolute atomic E-state index is 0.0296. The molecule has 0 fully saturated rings. The number of anilines is 2. The van der Waals surface area contributed by atoms with Crippen LogP contribution in [-0.4, -0.2) is 29.3 Å². The van der Waals surface area contributed by atoms with Crippen molar-refractivity contribution in [1.29, 1.82) is 0 Å². The van der Waals surface area contributed by atoms with Crippen molar-refractivity contribution in [3.63, 3.8) is 0 Å². The molecular formula is C26H19Cl2F2N3O3S. The predicted octanol–water partition coefficient (Wildman–Crippen LogP) is 7.02. The monoisotopic (exact) mass is 561 g/mol. The van der Waals surface area contributed by atoms with Gasteiger partial charge in [0.25, 0.3) is 5.91 Å². The van der Waals surface area contributed by atoms with Crippen molar-refractivity contribution >= 4 is 69.4 Å². The predicted molar refractivity (Wildman–Crippen MR) is 145 cm³/mol. The number of carbonyl (C=O) groups is 2. The molecule has 6 nitrogen and oxygen atoms in total. The van der Waals surface area contributed by atoms with Gasteiger partial charge in [0.15, 0.2) is 5.17 Å². The number of rotatable bonds is 7. The molecule has 2 amide bonds. The molecule has 37 heavy (non-hydrogen) atoms. The van der Waals surface area contributed by atoms with Crippen molar-refractivity contribution in [2.75, 3.05) is 16.0 Å². The summed E-state index contributed by atoms with van der Waals surface area (Å²) in [7, 11) is 0. The summed E-state index contributed by atoms with van der Waals surface area (Å²) in [5.41, 5.74) is 2.63. The lowest BCUT2D eigenvalue weighted by atomic mass is 10.2. The first-order chi connectivity index (χ1) is 17.7. The number of carbonyl (C=O) groups excluding carboxylic acids is 2. The largest absolute Gasteiger partial charge is 0.435 e. The van der Waals surface area contributed by atoms with Gasteiger partial charge in [-0.25, -0.2) is 4.99 Å². The third kappa shape index (κ3) is 6.88. The van der Waals surface area contributed by atoms with Crippen LogP contribution in [0, 0.1) is 6.92 Å². The summed E-state index contributed by atoms with van der Waals surface area (Å²) in [6.07, 6.45) is 1.52. The fourth-order valence-electron chi connectivity index (χ4n) is 3.41. The number of hydrogen-bond donors (Lipinski definition) is 1. The second kappa shape index (κ2) is 11.8. The molecule has 1 aliphatic heterocycles. The standard InChI is InChI=1S/C26H19Cl2F2N3O3S/c1-15-3-2-4-18(11-15)31-23(34)14-37-26-32-22(12-16-5-6-17(27)13-21(16)28)24(35)33(26)19-7-9-20(10-8-19)36-25(29)30/h2-13,25H,14H2,1H3,(H,31,34)/b22-12-. The Morgan fingerprint density at radius 2 is 1.89 bits per heavy atom. The number of amides is 2. The van der Waals surface area contributed by atoms with Crippen LogP contribution in [0.5, 0.6) is 5.75 Å². The molecule has 0 bridgehead atoms. The Labute approximate surface area is 225 Å². The highest BCUT2D eigenvalue weighted by Crippen LogP contribution is 2.32. The lowest BCUT2D eigenvalue weighted by Gasteiger charge is -2.18. The third-order valence-corrected chi connectivity index (χ3v) is 6.54. The number of nitrogens with one attached hydrogen (secondary N) is 1. The van der Waals surface area contributed by atoms with E-state index in [9.17, 15) is 18.4 Å². The van der Waals surface area contributed by atoms with Gasteiger partial charge in [-0.3, -0.25) is 14.5 Å². The molecule has 4 rings (SSSR count). The molecule has 0 radical (unpaired) electrons. The first-order valence-electron chi connectivity index (χ1n) is 10.8. The van der Waals surface area contributed by atoms with Crippen molar-refractivity contribution in [3.8, 4) is 5.75 Å². The van der Waals surface area contributed by atoms with Gasteiger partial charge in [-0.05, 0) is 72.7 Å². The van der Waals surface area contributed by atoms with Crippen LogP contribution in [0.4, 0.5) is 20.2 Å². The Bertz CT molecular complexity index is 1400. The van der Waals surface area contributed by atoms with E-state index >= 15 is 0 Å². The van der Waals surface area contributed by atoms with Crippen LogP contribution >= 0.6 is 35.0 Å². The van der Waals surface area contributed by atoms with Crippen molar-refractivity contribution in [2.24, 2.45) is 4.99 Å². The molecule has 190 valence electrons. The molecule has 3 aromatic rings. The fourth-order valence-corrected chi connectivity index (χ4v) is 4.69. The third-order valence-electron chi connectivity index (χ3n) is 5.04. The maximum absolute atomic E-state index is 13.3. The second-order valence-corrected chi connectivity index (χ2v) is 9.60. The molecule has 0 aliphatic carbocycles. The average Bonchev–Trinajstić information content (AvgIpc) is 3.14. The van der Waals surface area contributed by atoms with Gasteiger partial charge in [0.2, 0.25) is 5.91 Å². The molecule has 1 aliphatic rings. The summed E-state index contributed by atoms with van der Waals surface area (Å²) in [5, 5.41) is 3.83. The highest BCUT2D eigenvalue weighted by molar-refractivity contribution is 8.14.